The third kappa shape index (κ3) is 4.47. The maximum absolute atomic E-state index is 11.4. The second-order valence-electron chi connectivity index (χ2n) is 2.85. The largest absolute Gasteiger partial charge is 0.461 e. The molecule has 0 spiro atoms. The van der Waals surface area contributed by atoms with Crippen molar-refractivity contribution in [3.8, 4) is 0 Å². The van der Waals surface area contributed by atoms with Gasteiger partial charge in [-0.05, 0) is 19.1 Å². The Morgan fingerprint density at radius 3 is 3.18 bits per heavy atom. The number of carbonyl (C=O) groups excluding carboxylic acids is 1. The van der Waals surface area contributed by atoms with Crippen LogP contribution in [0.2, 0.25) is 0 Å². The number of nitrogens with one attached hydrogen (secondary N) is 1. The van der Waals surface area contributed by atoms with E-state index in [0.717, 1.165) is 0 Å². The van der Waals surface area contributed by atoms with Gasteiger partial charge in [-0.25, -0.2) is 18.4 Å². The van der Waals surface area contributed by atoms with Crippen LogP contribution in [0.3, 0.4) is 0 Å². The van der Waals surface area contributed by atoms with Gasteiger partial charge in [0.2, 0.25) is 11.3 Å². The first-order valence-corrected chi connectivity index (χ1v) is 5.97. The van der Waals surface area contributed by atoms with Gasteiger partial charge in [0, 0.05) is 19.0 Å². The molecule has 1 aromatic rings. The molecule has 17 heavy (non-hydrogen) atoms. The minimum Gasteiger partial charge on any atom is -0.461 e. The van der Waals surface area contributed by atoms with E-state index in [1.807, 2.05) is 0 Å². The van der Waals surface area contributed by atoms with E-state index in [0.29, 0.717) is 12.3 Å². The second-order valence-corrected chi connectivity index (χ2v) is 3.64. The van der Waals surface area contributed by atoms with Crippen molar-refractivity contribution in [3.63, 3.8) is 0 Å². The second kappa shape index (κ2) is 6.94. The summed E-state index contributed by atoms with van der Waals surface area (Å²) in [4.78, 5) is 11.4. The topological polar surface area (TPSA) is 92.9 Å². The van der Waals surface area contributed by atoms with Gasteiger partial charge in [0.1, 0.15) is 5.69 Å². The van der Waals surface area contributed by atoms with Crippen molar-refractivity contribution in [2.75, 3.05) is 13.2 Å². The molecule has 0 amide bonds. The van der Waals surface area contributed by atoms with Gasteiger partial charge in [0.25, 0.3) is 0 Å². The summed E-state index contributed by atoms with van der Waals surface area (Å²) in [5, 5.41) is 3.92. The summed E-state index contributed by atoms with van der Waals surface area (Å²) in [5.41, 5.74) is 0.299. The maximum atomic E-state index is 11.4. The summed E-state index contributed by atoms with van der Waals surface area (Å²) >= 11 is -2.07. The lowest BCUT2D eigenvalue weighted by Gasteiger charge is -2.02. The smallest absolute Gasteiger partial charge is 0.356 e. The SMILES string of the molecule is CCOC(=O)c1cccn1N=CCNS(=O)O. The highest BCUT2D eigenvalue weighted by molar-refractivity contribution is 7.77. The Bertz CT molecular complexity index is 430. The van der Waals surface area contributed by atoms with Gasteiger partial charge in [0.05, 0.1) is 6.61 Å². The molecule has 0 aliphatic rings. The normalized spacial score (nSPS) is 12.8. The fourth-order valence-electron chi connectivity index (χ4n) is 1.08. The van der Waals surface area contributed by atoms with Gasteiger partial charge < -0.3 is 4.74 Å². The van der Waals surface area contributed by atoms with Crippen LogP contribution in [0.4, 0.5) is 0 Å². The molecule has 0 radical (unpaired) electrons. The summed E-state index contributed by atoms with van der Waals surface area (Å²) in [7, 11) is 0. The van der Waals surface area contributed by atoms with Crippen LogP contribution in [0.1, 0.15) is 17.4 Å². The summed E-state index contributed by atoms with van der Waals surface area (Å²) in [6, 6.07) is 3.23. The molecule has 0 fully saturated rings. The molecule has 0 saturated carbocycles. The van der Waals surface area contributed by atoms with Crippen molar-refractivity contribution >= 4 is 23.5 Å². The molecule has 0 aliphatic carbocycles. The summed E-state index contributed by atoms with van der Waals surface area (Å²) in [6.45, 7) is 2.12. The van der Waals surface area contributed by atoms with E-state index in [-0.39, 0.29) is 6.54 Å². The average Bonchev–Trinajstić information content (AvgIpc) is 2.72. The van der Waals surface area contributed by atoms with E-state index >= 15 is 0 Å². The van der Waals surface area contributed by atoms with Gasteiger partial charge in [-0.15, -0.1) is 0 Å². The predicted octanol–water partition coefficient (Wildman–Crippen LogP) is 0.225. The number of hydrogen-bond acceptors (Lipinski definition) is 4. The zero-order valence-corrected chi connectivity index (χ0v) is 10.0. The molecule has 94 valence electrons. The molecular formula is C9H13N3O4S. The highest BCUT2D eigenvalue weighted by Gasteiger charge is 2.10. The third-order valence-electron chi connectivity index (χ3n) is 1.72. The van der Waals surface area contributed by atoms with Gasteiger partial charge in [-0.2, -0.15) is 5.10 Å². The van der Waals surface area contributed by atoms with Crippen LogP contribution in [0.15, 0.2) is 23.4 Å². The first-order chi connectivity index (χ1) is 8.15. The Morgan fingerprint density at radius 1 is 1.76 bits per heavy atom. The van der Waals surface area contributed by atoms with Gasteiger partial charge >= 0.3 is 5.97 Å². The number of carbonyl (C=O) groups is 1. The van der Waals surface area contributed by atoms with Crippen molar-refractivity contribution in [1.82, 2.24) is 9.40 Å². The molecule has 0 aromatic carbocycles. The minimum atomic E-state index is -2.07. The average molecular weight is 259 g/mol. The van der Waals surface area contributed by atoms with E-state index in [1.54, 1.807) is 25.3 Å². The Hall–Kier alpha value is -1.51. The number of aromatic nitrogens is 1. The number of ether oxygens (including phenoxy) is 1. The van der Waals surface area contributed by atoms with E-state index in [4.69, 9.17) is 9.29 Å². The molecular weight excluding hydrogens is 246 g/mol. The standard InChI is InChI=1S/C9H13N3O4S/c1-2-16-9(13)8-4-3-7-12(8)10-5-6-11-17(14)15/h3-5,7,11H,2,6H2,1H3,(H,14,15). The maximum Gasteiger partial charge on any atom is 0.356 e. The number of nitrogens with zero attached hydrogens (tertiary/aromatic N) is 2. The molecule has 0 saturated heterocycles. The fourth-order valence-corrected chi connectivity index (χ4v) is 1.29. The molecule has 2 N–H and O–H groups in total. The molecule has 0 aliphatic heterocycles. The van der Waals surface area contributed by atoms with E-state index in [2.05, 4.69) is 9.82 Å². The van der Waals surface area contributed by atoms with E-state index in [1.165, 1.54) is 10.9 Å². The summed E-state index contributed by atoms with van der Waals surface area (Å²) in [6.07, 6.45) is 2.95. The van der Waals surface area contributed by atoms with Crippen LogP contribution in [0.5, 0.6) is 0 Å². The zero-order valence-electron chi connectivity index (χ0n) is 9.20. The minimum absolute atomic E-state index is 0.115. The van der Waals surface area contributed by atoms with Crippen molar-refractivity contribution in [3.05, 3.63) is 24.0 Å². The van der Waals surface area contributed by atoms with Crippen LogP contribution >= 0.6 is 0 Å². The number of rotatable bonds is 6. The summed E-state index contributed by atoms with van der Waals surface area (Å²) in [5.74, 6) is -0.464. The lowest BCUT2D eigenvalue weighted by atomic mass is 10.4. The predicted molar refractivity (Wildman–Crippen MR) is 63.1 cm³/mol. The van der Waals surface area contributed by atoms with E-state index < -0.39 is 17.2 Å². The Labute approximate surface area is 101 Å². The van der Waals surface area contributed by atoms with Crippen LogP contribution in [-0.4, -0.2) is 38.8 Å². The van der Waals surface area contributed by atoms with Crippen LogP contribution in [-0.2, 0) is 16.0 Å². The molecule has 1 unspecified atom stereocenters. The van der Waals surface area contributed by atoms with E-state index in [9.17, 15) is 9.00 Å². The first-order valence-electron chi connectivity index (χ1n) is 4.86. The zero-order chi connectivity index (χ0) is 12.7. The van der Waals surface area contributed by atoms with Crippen molar-refractivity contribution in [2.45, 2.75) is 6.92 Å². The van der Waals surface area contributed by atoms with Crippen molar-refractivity contribution < 1.29 is 18.3 Å². The highest BCUT2D eigenvalue weighted by Crippen LogP contribution is 2.03. The number of hydrogen-bond donors (Lipinski definition) is 2. The van der Waals surface area contributed by atoms with Crippen molar-refractivity contribution in [1.29, 1.82) is 0 Å². The lowest BCUT2D eigenvalue weighted by molar-refractivity contribution is 0.0515. The molecule has 1 rings (SSSR count). The molecule has 1 heterocycles. The molecule has 1 atom stereocenters. The Morgan fingerprint density at radius 2 is 2.53 bits per heavy atom. The lowest BCUT2D eigenvalue weighted by Crippen LogP contribution is -2.18. The van der Waals surface area contributed by atoms with Crippen molar-refractivity contribution in [2.24, 2.45) is 5.10 Å². The quantitative estimate of drug-likeness (QED) is 0.434. The van der Waals surface area contributed by atoms with Crippen LogP contribution in [0, 0.1) is 0 Å². The van der Waals surface area contributed by atoms with Gasteiger partial charge in [-0.1, -0.05) is 0 Å². The molecule has 7 nitrogen and oxygen atoms in total. The van der Waals surface area contributed by atoms with Crippen LogP contribution < -0.4 is 4.72 Å². The molecule has 8 heteroatoms. The highest BCUT2D eigenvalue weighted by atomic mass is 32.2. The van der Waals surface area contributed by atoms with Gasteiger partial charge in [-0.3, -0.25) is 4.55 Å². The molecule has 0 bridgehead atoms. The Kier molecular flexibility index (Phi) is 5.53. The summed E-state index contributed by atoms with van der Waals surface area (Å²) < 4.78 is 27.1. The fraction of sp³-hybridized carbons (Fsp3) is 0.333. The van der Waals surface area contributed by atoms with Gasteiger partial charge in [0.15, 0.2) is 0 Å². The number of esters is 1. The monoisotopic (exact) mass is 259 g/mol. The molecule has 1 aromatic heterocycles. The first kappa shape index (κ1) is 13.6. The van der Waals surface area contributed by atoms with Crippen LogP contribution in [0.25, 0.3) is 0 Å². The Balaban J connectivity index is 2.62. The third-order valence-corrected chi connectivity index (χ3v) is 2.13.